The third-order valence-electron chi connectivity index (χ3n) is 6.05. The molecule has 3 rings (SSSR count). The predicted molar refractivity (Wildman–Crippen MR) is 110 cm³/mol. The zero-order valence-electron chi connectivity index (χ0n) is 16.6. The molecule has 1 aromatic carbocycles. The minimum atomic E-state index is -0.163. The SMILES string of the molecule is N#Cc1ccc(-c2ccc(CC[C@H]3CC[C@H](CCCCCF)CC3)nn2)cc1. The summed E-state index contributed by atoms with van der Waals surface area (Å²) >= 11 is 0. The van der Waals surface area contributed by atoms with Crippen LogP contribution in [0.2, 0.25) is 0 Å². The number of halogens is 1. The maximum Gasteiger partial charge on any atom is 0.0991 e. The molecule has 0 amide bonds. The fourth-order valence-corrected chi connectivity index (χ4v) is 4.23. The quantitative estimate of drug-likeness (QED) is 0.481. The lowest BCUT2D eigenvalue weighted by atomic mass is 9.78. The lowest BCUT2D eigenvalue weighted by Crippen LogP contribution is -2.15. The van der Waals surface area contributed by atoms with Gasteiger partial charge in [-0.1, -0.05) is 57.1 Å². The molecule has 0 bridgehead atoms. The molecule has 0 radical (unpaired) electrons. The normalized spacial score (nSPS) is 19.3. The smallest absolute Gasteiger partial charge is 0.0991 e. The summed E-state index contributed by atoms with van der Waals surface area (Å²) in [6, 6.07) is 13.7. The number of alkyl halides is 1. The van der Waals surface area contributed by atoms with Gasteiger partial charge in [-0.15, -0.1) is 0 Å². The van der Waals surface area contributed by atoms with Crippen molar-refractivity contribution in [1.29, 1.82) is 5.26 Å². The fourth-order valence-electron chi connectivity index (χ4n) is 4.23. The Balaban J connectivity index is 1.40. The van der Waals surface area contributed by atoms with Crippen molar-refractivity contribution in [3.05, 3.63) is 47.7 Å². The van der Waals surface area contributed by atoms with Gasteiger partial charge in [-0.3, -0.25) is 4.39 Å². The highest BCUT2D eigenvalue weighted by atomic mass is 19.1. The van der Waals surface area contributed by atoms with Crippen molar-refractivity contribution in [2.75, 3.05) is 6.67 Å². The fraction of sp³-hybridized carbons (Fsp3) is 0.542. The van der Waals surface area contributed by atoms with Crippen molar-refractivity contribution in [3.63, 3.8) is 0 Å². The Labute approximate surface area is 168 Å². The summed E-state index contributed by atoms with van der Waals surface area (Å²) in [5, 5.41) is 17.7. The molecule has 0 unspecified atom stereocenters. The van der Waals surface area contributed by atoms with Crippen LogP contribution >= 0.6 is 0 Å². The van der Waals surface area contributed by atoms with Crippen molar-refractivity contribution in [2.45, 2.75) is 64.2 Å². The van der Waals surface area contributed by atoms with Gasteiger partial charge in [-0.05, 0) is 55.4 Å². The van der Waals surface area contributed by atoms with Crippen LogP contribution in [0, 0.1) is 23.2 Å². The molecule has 1 fully saturated rings. The average Bonchev–Trinajstić information content (AvgIpc) is 2.76. The second-order valence-electron chi connectivity index (χ2n) is 8.06. The Hall–Kier alpha value is -2.28. The van der Waals surface area contributed by atoms with E-state index in [0.717, 1.165) is 48.0 Å². The summed E-state index contributed by atoms with van der Waals surface area (Å²) in [5.74, 6) is 1.67. The Bertz CT molecular complexity index is 741. The highest BCUT2D eigenvalue weighted by molar-refractivity contribution is 5.59. The van der Waals surface area contributed by atoms with Crippen LogP contribution in [0.1, 0.15) is 69.0 Å². The van der Waals surface area contributed by atoms with Gasteiger partial charge in [0.1, 0.15) is 0 Å². The molecule has 148 valence electrons. The summed E-state index contributed by atoms with van der Waals surface area (Å²) in [4.78, 5) is 0. The molecular formula is C24H30FN3. The molecule has 1 heterocycles. The Morgan fingerprint density at radius 1 is 0.857 bits per heavy atom. The number of aryl methyl sites for hydroxylation is 1. The Morgan fingerprint density at radius 2 is 1.57 bits per heavy atom. The van der Waals surface area contributed by atoms with E-state index in [1.54, 1.807) is 0 Å². The summed E-state index contributed by atoms with van der Waals surface area (Å²) in [7, 11) is 0. The van der Waals surface area contributed by atoms with Crippen LogP contribution in [-0.4, -0.2) is 16.9 Å². The van der Waals surface area contributed by atoms with Gasteiger partial charge in [0.25, 0.3) is 0 Å². The lowest BCUT2D eigenvalue weighted by molar-refractivity contribution is 0.247. The number of aromatic nitrogens is 2. The van der Waals surface area contributed by atoms with Crippen molar-refractivity contribution >= 4 is 0 Å². The summed E-state index contributed by atoms with van der Waals surface area (Å²) in [5.41, 5.74) is 3.55. The Morgan fingerprint density at radius 3 is 2.18 bits per heavy atom. The van der Waals surface area contributed by atoms with Gasteiger partial charge < -0.3 is 0 Å². The minimum absolute atomic E-state index is 0.163. The van der Waals surface area contributed by atoms with Crippen molar-refractivity contribution in [1.82, 2.24) is 10.2 Å². The van der Waals surface area contributed by atoms with Gasteiger partial charge in [0.2, 0.25) is 0 Å². The van der Waals surface area contributed by atoms with Crippen molar-refractivity contribution in [2.24, 2.45) is 11.8 Å². The van der Waals surface area contributed by atoms with Gasteiger partial charge >= 0.3 is 0 Å². The molecule has 28 heavy (non-hydrogen) atoms. The van der Waals surface area contributed by atoms with E-state index in [-0.39, 0.29) is 6.67 Å². The molecule has 4 heteroatoms. The molecule has 0 atom stereocenters. The van der Waals surface area contributed by atoms with Crippen LogP contribution in [0.4, 0.5) is 4.39 Å². The monoisotopic (exact) mass is 379 g/mol. The molecule has 0 saturated heterocycles. The number of benzene rings is 1. The summed E-state index contributed by atoms with van der Waals surface area (Å²) in [6.07, 6.45) is 11.8. The maximum absolute atomic E-state index is 12.2. The molecule has 3 nitrogen and oxygen atoms in total. The van der Waals surface area contributed by atoms with E-state index in [0.29, 0.717) is 5.56 Å². The van der Waals surface area contributed by atoms with E-state index < -0.39 is 0 Å². The number of nitrogens with zero attached hydrogens (tertiary/aromatic N) is 3. The van der Waals surface area contributed by atoms with Crippen molar-refractivity contribution < 1.29 is 4.39 Å². The van der Waals surface area contributed by atoms with E-state index in [1.807, 2.05) is 30.3 Å². The first-order chi connectivity index (χ1) is 13.8. The number of hydrogen-bond acceptors (Lipinski definition) is 3. The van der Waals surface area contributed by atoms with Gasteiger partial charge in [0.15, 0.2) is 0 Å². The van der Waals surface area contributed by atoms with Crippen LogP contribution in [-0.2, 0) is 6.42 Å². The zero-order valence-corrected chi connectivity index (χ0v) is 16.6. The third kappa shape index (κ3) is 6.12. The number of rotatable bonds is 9. The number of unbranched alkanes of at least 4 members (excludes halogenated alkanes) is 2. The maximum atomic E-state index is 12.2. The second kappa shape index (κ2) is 10.9. The highest BCUT2D eigenvalue weighted by Crippen LogP contribution is 2.34. The molecule has 2 aromatic rings. The van der Waals surface area contributed by atoms with E-state index in [2.05, 4.69) is 22.3 Å². The molecule has 0 N–H and O–H groups in total. The lowest BCUT2D eigenvalue weighted by Gasteiger charge is -2.28. The van der Waals surface area contributed by atoms with Crippen LogP contribution in [0.15, 0.2) is 36.4 Å². The van der Waals surface area contributed by atoms with Crippen LogP contribution < -0.4 is 0 Å². The second-order valence-corrected chi connectivity index (χ2v) is 8.06. The molecular weight excluding hydrogens is 349 g/mol. The first kappa shape index (κ1) is 20.5. The summed E-state index contributed by atoms with van der Waals surface area (Å²) in [6.45, 7) is -0.163. The van der Waals surface area contributed by atoms with Gasteiger partial charge in [0, 0.05) is 5.56 Å². The summed E-state index contributed by atoms with van der Waals surface area (Å²) < 4.78 is 12.2. The third-order valence-corrected chi connectivity index (χ3v) is 6.05. The van der Waals surface area contributed by atoms with Gasteiger partial charge in [-0.2, -0.15) is 15.5 Å². The Kier molecular flexibility index (Phi) is 7.96. The van der Waals surface area contributed by atoms with E-state index >= 15 is 0 Å². The predicted octanol–water partition coefficient (Wildman–Crippen LogP) is 6.28. The molecule has 0 aliphatic heterocycles. The molecule has 1 saturated carbocycles. The first-order valence-corrected chi connectivity index (χ1v) is 10.7. The van der Waals surface area contributed by atoms with E-state index in [1.165, 1.54) is 44.9 Å². The molecule has 1 aliphatic rings. The van der Waals surface area contributed by atoms with E-state index in [4.69, 9.17) is 5.26 Å². The van der Waals surface area contributed by atoms with E-state index in [9.17, 15) is 4.39 Å². The number of hydrogen-bond donors (Lipinski definition) is 0. The highest BCUT2D eigenvalue weighted by Gasteiger charge is 2.20. The largest absolute Gasteiger partial charge is 0.251 e. The average molecular weight is 380 g/mol. The minimum Gasteiger partial charge on any atom is -0.251 e. The molecule has 1 aliphatic carbocycles. The zero-order chi connectivity index (χ0) is 19.6. The number of nitriles is 1. The topological polar surface area (TPSA) is 49.6 Å². The van der Waals surface area contributed by atoms with Crippen LogP contribution in [0.3, 0.4) is 0 Å². The van der Waals surface area contributed by atoms with Crippen LogP contribution in [0.25, 0.3) is 11.3 Å². The van der Waals surface area contributed by atoms with Crippen molar-refractivity contribution in [3.8, 4) is 17.3 Å². The molecule has 0 spiro atoms. The standard InChI is InChI=1S/C24H30FN3/c25-17-3-1-2-4-19-5-7-20(8-6-19)11-14-23-15-16-24(28-27-23)22-12-9-21(18-26)10-13-22/h9-10,12-13,15-16,19-20H,1-8,11,14,17H2/t19-,20-. The van der Waals surface area contributed by atoms with Gasteiger partial charge in [-0.25, -0.2) is 0 Å². The first-order valence-electron chi connectivity index (χ1n) is 10.7. The van der Waals surface area contributed by atoms with Crippen LogP contribution in [0.5, 0.6) is 0 Å². The van der Waals surface area contributed by atoms with Gasteiger partial charge in [0.05, 0.1) is 29.7 Å². The molecule has 1 aromatic heterocycles.